The molecule has 2 aliphatic rings. The number of thiazole rings is 1. The molecule has 5 aromatic rings. The number of fused-ring (bicyclic) bond motifs is 2. The summed E-state index contributed by atoms with van der Waals surface area (Å²) in [5.74, 6) is 0.144. The molecule has 7 rings (SSSR count). The number of amides is 3. The number of hydrogen-bond donors (Lipinski definition) is 1. The Morgan fingerprint density at radius 2 is 1.70 bits per heavy atom. The van der Waals surface area contributed by atoms with Crippen LogP contribution in [0.4, 0.5) is 14.6 Å². The van der Waals surface area contributed by atoms with Gasteiger partial charge in [-0.3, -0.25) is 19.7 Å². The van der Waals surface area contributed by atoms with Gasteiger partial charge < -0.3 is 19.3 Å². The quantitative estimate of drug-likeness (QED) is 0.128. The second-order valence-corrected chi connectivity index (χ2v) is 14.5. The second kappa shape index (κ2) is 15.8. The Kier molecular flexibility index (Phi) is 10.7. The number of ether oxygens (including phenoxy) is 2. The van der Waals surface area contributed by atoms with Crippen LogP contribution in [0, 0.1) is 0 Å². The van der Waals surface area contributed by atoms with Crippen molar-refractivity contribution in [1.82, 2.24) is 20.2 Å². The third-order valence-corrected chi connectivity index (χ3v) is 10.5. The number of imide groups is 1. The van der Waals surface area contributed by atoms with Crippen LogP contribution >= 0.6 is 11.3 Å². The van der Waals surface area contributed by atoms with Crippen molar-refractivity contribution in [2.24, 2.45) is 0 Å². The molecule has 1 fully saturated rings. The molecule has 10 nitrogen and oxygen atoms in total. The number of nitrogens with zero attached hydrogens (tertiary/aromatic N) is 4. The molecule has 13 heteroatoms. The first-order valence-corrected chi connectivity index (χ1v) is 18.3. The predicted octanol–water partition coefficient (Wildman–Crippen LogP) is 6.56. The lowest BCUT2D eigenvalue weighted by atomic mass is 10.0. The summed E-state index contributed by atoms with van der Waals surface area (Å²) in [6, 6.07) is 22.4. The topological polar surface area (TPSA) is 114 Å². The van der Waals surface area contributed by atoms with Crippen molar-refractivity contribution in [2.45, 2.75) is 50.6 Å². The van der Waals surface area contributed by atoms with Gasteiger partial charge in [0.25, 0.3) is 5.91 Å². The number of carbonyl (C=O) groups is 3. The molecule has 274 valence electrons. The van der Waals surface area contributed by atoms with Crippen molar-refractivity contribution >= 4 is 45.1 Å². The maximum atomic E-state index is 14.7. The van der Waals surface area contributed by atoms with E-state index in [9.17, 15) is 23.2 Å². The van der Waals surface area contributed by atoms with Gasteiger partial charge in [-0.05, 0) is 78.4 Å². The van der Waals surface area contributed by atoms with Gasteiger partial charge in [0.2, 0.25) is 11.8 Å². The second-order valence-electron chi connectivity index (χ2n) is 13.5. The third kappa shape index (κ3) is 8.36. The third-order valence-electron chi connectivity index (χ3n) is 9.39. The minimum atomic E-state index is -1.48. The first-order chi connectivity index (χ1) is 25.6. The number of aryl methyl sites for hydroxylation is 1. The zero-order chi connectivity index (χ0) is 37.1. The van der Waals surface area contributed by atoms with Gasteiger partial charge in [0, 0.05) is 49.9 Å². The molecule has 0 bridgehead atoms. The number of aromatic nitrogens is 2. The fraction of sp³-hybridized carbons (Fsp3) is 0.325. The highest BCUT2D eigenvalue weighted by atomic mass is 32.1. The Morgan fingerprint density at radius 3 is 2.45 bits per heavy atom. The van der Waals surface area contributed by atoms with Crippen LogP contribution < -0.4 is 15.0 Å². The number of rotatable bonds is 14. The molecule has 1 saturated heterocycles. The lowest BCUT2D eigenvalue weighted by Crippen LogP contribution is -2.52. The number of nitrogens with one attached hydrogen (secondary N) is 1. The smallest absolute Gasteiger partial charge is 0.255 e. The molecule has 0 aliphatic carbocycles. The number of piperidine rings is 1. The van der Waals surface area contributed by atoms with Crippen LogP contribution in [-0.4, -0.2) is 84.9 Å². The Morgan fingerprint density at radius 1 is 0.925 bits per heavy atom. The number of carbonyl (C=O) groups excluding carboxylic acids is 3. The van der Waals surface area contributed by atoms with Crippen molar-refractivity contribution in [1.29, 1.82) is 0 Å². The van der Waals surface area contributed by atoms with Crippen LogP contribution in [0.5, 0.6) is 5.75 Å². The molecule has 3 amide bonds. The number of hydrogen-bond acceptors (Lipinski definition) is 9. The first-order valence-electron chi connectivity index (χ1n) is 17.5. The summed E-state index contributed by atoms with van der Waals surface area (Å²) in [5, 5.41) is 3.19. The van der Waals surface area contributed by atoms with Gasteiger partial charge >= 0.3 is 0 Å². The van der Waals surface area contributed by atoms with Gasteiger partial charge in [-0.1, -0.05) is 30.3 Å². The van der Waals surface area contributed by atoms with E-state index < -0.39 is 24.3 Å². The molecule has 1 N–H and O–H groups in total. The van der Waals surface area contributed by atoms with E-state index in [-0.39, 0.29) is 57.4 Å². The van der Waals surface area contributed by atoms with Gasteiger partial charge in [0.05, 0.1) is 23.4 Å². The molecular weight excluding hydrogens is 701 g/mol. The largest absolute Gasteiger partial charge is 0.490 e. The highest BCUT2D eigenvalue weighted by molar-refractivity contribution is 7.21. The minimum absolute atomic E-state index is 0.170. The average molecular weight is 740 g/mol. The van der Waals surface area contributed by atoms with Gasteiger partial charge in [-0.25, -0.2) is 18.7 Å². The molecule has 3 unspecified atom stereocenters. The van der Waals surface area contributed by atoms with E-state index in [2.05, 4.69) is 40.6 Å². The summed E-state index contributed by atoms with van der Waals surface area (Å²) in [6.07, 6.45) is 0.310. The van der Waals surface area contributed by atoms with Crippen LogP contribution in [0.2, 0.25) is 0 Å². The number of alkyl halides is 2. The molecule has 0 radical (unpaired) electrons. The minimum Gasteiger partial charge on any atom is -0.490 e. The monoisotopic (exact) mass is 739 g/mol. The van der Waals surface area contributed by atoms with E-state index in [1.165, 1.54) is 4.90 Å². The molecule has 3 aromatic carbocycles. The molecule has 2 aliphatic heterocycles. The number of pyridine rings is 1. The van der Waals surface area contributed by atoms with E-state index >= 15 is 0 Å². The summed E-state index contributed by atoms with van der Waals surface area (Å²) in [4.78, 5) is 49.4. The summed E-state index contributed by atoms with van der Waals surface area (Å²) in [7, 11) is 3.92. The van der Waals surface area contributed by atoms with Crippen LogP contribution in [0.15, 0.2) is 79.0 Å². The molecule has 0 spiro atoms. The van der Waals surface area contributed by atoms with E-state index in [0.717, 1.165) is 43.3 Å². The number of benzene rings is 3. The number of anilines is 1. The van der Waals surface area contributed by atoms with E-state index in [0.29, 0.717) is 23.3 Å². The van der Waals surface area contributed by atoms with Crippen LogP contribution in [-0.2, 0) is 27.3 Å². The predicted molar refractivity (Wildman–Crippen MR) is 200 cm³/mol. The van der Waals surface area contributed by atoms with E-state index in [1.54, 1.807) is 29.5 Å². The molecule has 2 aromatic heterocycles. The molecule has 4 heterocycles. The van der Waals surface area contributed by atoms with E-state index in [1.807, 2.05) is 49.5 Å². The Hall–Kier alpha value is -5.27. The lowest BCUT2D eigenvalue weighted by Gasteiger charge is -2.29. The Balaban J connectivity index is 0.840. The normalized spacial score (nSPS) is 16.8. The van der Waals surface area contributed by atoms with Crippen LogP contribution in [0.1, 0.15) is 40.7 Å². The standard InChI is InChI=1S/C40H39F2N5O5S/c1-46(2)36-15-9-27(19-43-36)25-5-7-26(8-6-25)39-44-33-13-4-24(17-35(33)53-39)3-10-29(41)21-51-22-30(42)23-52-31-11-12-32-28(18-31)20-47(40(32)50)34-14-16-37(48)45-38(34)49/h4-9,11-13,15,17-19,29-30,34H,3,10,14,16,20-23H2,1-2H3,(H,45,48,49). The first kappa shape index (κ1) is 36.1. The summed E-state index contributed by atoms with van der Waals surface area (Å²) in [5.41, 5.74) is 6.12. The average Bonchev–Trinajstić information content (AvgIpc) is 3.73. The fourth-order valence-corrected chi connectivity index (χ4v) is 7.52. The van der Waals surface area contributed by atoms with Gasteiger partial charge in [-0.15, -0.1) is 11.3 Å². The van der Waals surface area contributed by atoms with Crippen molar-refractivity contribution in [3.63, 3.8) is 0 Å². The van der Waals surface area contributed by atoms with Crippen LogP contribution in [0.3, 0.4) is 0 Å². The highest BCUT2D eigenvalue weighted by Gasteiger charge is 2.39. The maximum absolute atomic E-state index is 14.7. The zero-order valence-corrected chi connectivity index (χ0v) is 30.2. The van der Waals surface area contributed by atoms with E-state index in [4.69, 9.17) is 14.5 Å². The summed E-state index contributed by atoms with van der Waals surface area (Å²) in [6.45, 7) is -0.652. The van der Waals surface area contributed by atoms with Gasteiger partial charge in [0.1, 0.15) is 35.4 Å². The van der Waals surface area contributed by atoms with Crippen molar-refractivity contribution in [3.8, 4) is 27.4 Å². The number of halogens is 2. The lowest BCUT2D eigenvalue weighted by molar-refractivity contribution is -0.136. The summed E-state index contributed by atoms with van der Waals surface area (Å²) >= 11 is 1.59. The van der Waals surface area contributed by atoms with Gasteiger partial charge in [0.15, 0.2) is 6.17 Å². The van der Waals surface area contributed by atoms with Crippen molar-refractivity contribution in [3.05, 3.63) is 95.7 Å². The molecule has 53 heavy (non-hydrogen) atoms. The Bertz CT molecular complexity index is 2120. The van der Waals surface area contributed by atoms with Crippen molar-refractivity contribution < 1.29 is 32.6 Å². The molecule has 3 atom stereocenters. The highest BCUT2D eigenvalue weighted by Crippen LogP contribution is 2.33. The molecular formula is C40H39F2N5O5S. The van der Waals surface area contributed by atoms with Crippen molar-refractivity contribution in [2.75, 3.05) is 38.8 Å². The van der Waals surface area contributed by atoms with Crippen LogP contribution in [0.25, 0.3) is 31.9 Å². The van der Waals surface area contributed by atoms with Gasteiger partial charge in [-0.2, -0.15) is 0 Å². The molecule has 0 saturated carbocycles. The SMILES string of the molecule is CN(C)c1ccc(-c2ccc(-c3nc4ccc(CCC(F)COCC(F)COc5ccc6c(c5)CN(C5CCC(=O)NC5=O)C6=O)cc4s3)cc2)cn1. The maximum Gasteiger partial charge on any atom is 0.255 e. The fourth-order valence-electron chi connectivity index (χ4n) is 6.48. The zero-order valence-electron chi connectivity index (χ0n) is 29.4. The summed E-state index contributed by atoms with van der Waals surface area (Å²) < 4.78 is 41.3. The Labute approximate surface area is 309 Å².